The number of carbonyl (C=O) groups is 1. The van der Waals surface area contributed by atoms with E-state index in [0.29, 0.717) is 0 Å². The molecule has 1 fully saturated rings. The molecule has 0 spiro atoms. The van der Waals surface area contributed by atoms with Crippen LogP contribution in [0.3, 0.4) is 0 Å². The normalized spacial score (nSPS) is 22.0. The molecule has 1 aromatic rings. The molecule has 1 aliphatic heterocycles. The van der Waals surface area contributed by atoms with E-state index in [1.54, 1.807) is 11.3 Å². The minimum atomic E-state index is -0.0106. The molecule has 1 amide bonds. The van der Waals surface area contributed by atoms with Gasteiger partial charge >= 0.3 is 0 Å². The van der Waals surface area contributed by atoms with E-state index in [4.69, 9.17) is 0 Å². The molecule has 88 valence electrons. The second kappa shape index (κ2) is 4.93. The number of amides is 1. The molecule has 0 aromatic carbocycles. The third-order valence-corrected chi connectivity index (χ3v) is 3.89. The van der Waals surface area contributed by atoms with Crippen molar-refractivity contribution in [3.8, 4) is 0 Å². The molecular weight excluding hydrogens is 222 g/mol. The van der Waals surface area contributed by atoms with Crippen molar-refractivity contribution in [1.29, 1.82) is 0 Å². The lowest BCUT2D eigenvalue weighted by Crippen LogP contribution is -2.41. The summed E-state index contributed by atoms with van der Waals surface area (Å²) in [6.07, 6.45) is 2.03. The second-order valence-electron chi connectivity index (χ2n) is 4.21. The molecule has 1 aliphatic rings. The quantitative estimate of drug-likeness (QED) is 0.838. The van der Waals surface area contributed by atoms with Crippen molar-refractivity contribution in [3.05, 3.63) is 16.1 Å². The number of hydrogen-bond acceptors (Lipinski definition) is 4. The summed E-state index contributed by atoms with van der Waals surface area (Å²) in [5.74, 6) is 0.0952. The Morgan fingerprint density at radius 3 is 3.12 bits per heavy atom. The standard InChI is InChI=1S/C11H17N3OS/c1-7-6-16-11(13-7)8(2)14-10(15)9-4-3-5-12-9/h6,8-9,12H,3-5H2,1-2H3,(H,14,15)/t8?,9-/m1/s1. The topological polar surface area (TPSA) is 54.0 Å². The molecule has 2 N–H and O–H groups in total. The third kappa shape index (κ3) is 2.59. The molecule has 1 aromatic heterocycles. The summed E-state index contributed by atoms with van der Waals surface area (Å²) in [7, 11) is 0. The molecule has 1 saturated heterocycles. The molecule has 2 atom stereocenters. The summed E-state index contributed by atoms with van der Waals surface area (Å²) in [6, 6.07) is -0.00268. The minimum absolute atomic E-state index is 0.00796. The zero-order valence-corrected chi connectivity index (χ0v) is 10.4. The van der Waals surface area contributed by atoms with Gasteiger partial charge in [0.05, 0.1) is 12.1 Å². The average molecular weight is 239 g/mol. The molecule has 16 heavy (non-hydrogen) atoms. The molecule has 0 radical (unpaired) electrons. The highest BCUT2D eigenvalue weighted by molar-refractivity contribution is 7.09. The lowest BCUT2D eigenvalue weighted by atomic mass is 10.2. The summed E-state index contributed by atoms with van der Waals surface area (Å²) in [6.45, 7) is 4.89. The molecule has 2 heterocycles. The van der Waals surface area contributed by atoms with Gasteiger partial charge in [0, 0.05) is 11.1 Å². The van der Waals surface area contributed by atoms with E-state index in [1.165, 1.54) is 0 Å². The Labute approximate surface area is 99.5 Å². The van der Waals surface area contributed by atoms with Crippen molar-refractivity contribution < 1.29 is 4.79 Å². The third-order valence-electron chi connectivity index (χ3n) is 2.74. The molecule has 0 bridgehead atoms. The van der Waals surface area contributed by atoms with Gasteiger partial charge in [0.15, 0.2) is 0 Å². The van der Waals surface area contributed by atoms with Gasteiger partial charge in [0.25, 0.3) is 0 Å². The van der Waals surface area contributed by atoms with Crippen molar-refractivity contribution >= 4 is 17.2 Å². The van der Waals surface area contributed by atoms with E-state index in [1.807, 2.05) is 19.2 Å². The second-order valence-corrected chi connectivity index (χ2v) is 5.10. The molecule has 1 unspecified atom stereocenters. The van der Waals surface area contributed by atoms with Gasteiger partial charge < -0.3 is 10.6 Å². The monoisotopic (exact) mass is 239 g/mol. The maximum atomic E-state index is 11.8. The average Bonchev–Trinajstić information content (AvgIpc) is 2.87. The van der Waals surface area contributed by atoms with Crippen molar-refractivity contribution in [3.63, 3.8) is 0 Å². The predicted molar refractivity (Wildman–Crippen MR) is 64.4 cm³/mol. The SMILES string of the molecule is Cc1csc(C(C)NC(=O)[C@H]2CCCN2)n1. The molecule has 2 rings (SSSR count). The first-order valence-electron chi connectivity index (χ1n) is 5.62. The first-order valence-corrected chi connectivity index (χ1v) is 6.50. The Balaban J connectivity index is 1.91. The number of carbonyl (C=O) groups excluding carboxylic acids is 1. The van der Waals surface area contributed by atoms with Gasteiger partial charge in [-0.2, -0.15) is 0 Å². The van der Waals surface area contributed by atoms with Crippen LogP contribution in [0.25, 0.3) is 0 Å². The first-order chi connectivity index (χ1) is 7.66. The van der Waals surface area contributed by atoms with E-state index in [2.05, 4.69) is 15.6 Å². The fraction of sp³-hybridized carbons (Fsp3) is 0.636. The van der Waals surface area contributed by atoms with Crippen molar-refractivity contribution in [1.82, 2.24) is 15.6 Å². The van der Waals surface area contributed by atoms with Gasteiger partial charge in [-0.25, -0.2) is 4.98 Å². The van der Waals surface area contributed by atoms with Crippen LogP contribution in [0.5, 0.6) is 0 Å². The minimum Gasteiger partial charge on any atom is -0.346 e. The molecule has 0 saturated carbocycles. The van der Waals surface area contributed by atoms with Crippen LogP contribution in [0.4, 0.5) is 0 Å². The van der Waals surface area contributed by atoms with Gasteiger partial charge in [-0.3, -0.25) is 4.79 Å². The highest BCUT2D eigenvalue weighted by Crippen LogP contribution is 2.18. The van der Waals surface area contributed by atoms with Crippen LogP contribution in [-0.2, 0) is 4.79 Å². The fourth-order valence-electron chi connectivity index (χ4n) is 1.86. The van der Waals surface area contributed by atoms with Gasteiger partial charge in [-0.1, -0.05) is 0 Å². The summed E-state index contributed by atoms with van der Waals surface area (Å²) < 4.78 is 0. The number of rotatable bonds is 3. The van der Waals surface area contributed by atoms with Crippen LogP contribution in [0.15, 0.2) is 5.38 Å². The summed E-state index contributed by atoms with van der Waals surface area (Å²) in [4.78, 5) is 16.2. The van der Waals surface area contributed by atoms with Crippen LogP contribution in [0.1, 0.15) is 36.5 Å². The highest BCUT2D eigenvalue weighted by Gasteiger charge is 2.23. The van der Waals surface area contributed by atoms with Gasteiger partial charge in [-0.05, 0) is 33.2 Å². The van der Waals surface area contributed by atoms with Crippen LogP contribution >= 0.6 is 11.3 Å². The molecule has 0 aliphatic carbocycles. The number of aryl methyl sites for hydroxylation is 1. The van der Waals surface area contributed by atoms with E-state index < -0.39 is 0 Å². The largest absolute Gasteiger partial charge is 0.346 e. The summed E-state index contributed by atoms with van der Waals surface area (Å²) >= 11 is 1.60. The van der Waals surface area contributed by atoms with Crippen LogP contribution in [0.2, 0.25) is 0 Å². The molecule has 4 nitrogen and oxygen atoms in total. The maximum absolute atomic E-state index is 11.8. The zero-order valence-electron chi connectivity index (χ0n) is 9.62. The van der Waals surface area contributed by atoms with Gasteiger partial charge in [-0.15, -0.1) is 11.3 Å². The van der Waals surface area contributed by atoms with Crippen LogP contribution in [0, 0.1) is 6.92 Å². The number of thiazole rings is 1. The van der Waals surface area contributed by atoms with E-state index >= 15 is 0 Å². The lowest BCUT2D eigenvalue weighted by molar-refractivity contribution is -0.123. The Hall–Kier alpha value is -0.940. The number of nitrogens with one attached hydrogen (secondary N) is 2. The highest BCUT2D eigenvalue weighted by atomic mass is 32.1. The number of nitrogens with zero attached hydrogens (tertiary/aromatic N) is 1. The van der Waals surface area contributed by atoms with Crippen molar-refractivity contribution in [2.24, 2.45) is 0 Å². The summed E-state index contributed by atoms with van der Waals surface area (Å²) in [5, 5.41) is 9.17. The van der Waals surface area contributed by atoms with Crippen LogP contribution in [-0.4, -0.2) is 23.5 Å². The Morgan fingerprint density at radius 1 is 1.75 bits per heavy atom. The Morgan fingerprint density at radius 2 is 2.56 bits per heavy atom. The maximum Gasteiger partial charge on any atom is 0.237 e. The smallest absolute Gasteiger partial charge is 0.237 e. The predicted octanol–water partition coefficient (Wildman–Crippen LogP) is 1.38. The number of aromatic nitrogens is 1. The number of hydrogen-bond donors (Lipinski definition) is 2. The van der Waals surface area contributed by atoms with Gasteiger partial charge in [0.1, 0.15) is 5.01 Å². The van der Waals surface area contributed by atoms with E-state index in [9.17, 15) is 4.79 Å². The lowest BCUT2D eigenvalue weighted by Gasteiger charge is -2.15. The Bertz CT molecular complexity index is 371. The van der Waals surface area contributed by atoms with Crippen molar-refractivity contribution in [2.45, 2.75) is 38.8 Å². The summed E-state index contributed by atoms with van der Waals surface area (Å²) in [5.41, 5.74) is 1.01. The fourth-order valence-corrected chi connectivity index (χ4v) is 2.66. The van der Waals surface area contributed by atoms with Gasteiger partial charge in [0.2, 0.25) is 5.91 Å². The Kier molecular flexibility index (Phi) is 3.56. The van der Waals surface area contributed by atoms with Crippen molar-refractivity contribution in [2.75, 3.05) is 6.54 Å². The first kappa shape index (κ1) is 11.5. The molecular formula is C11H17N3OS. The zero-order chi connectivity index (χ0) is 11.5. The van der Waals surface area contributed by atoms with Crippen LogP contribution < -0.4 is 10.6 Å². The molecule has 5 heteroatoms. The van der Waals surface area contributed by atoms with E-state index in [0.717, 1.165) is 30.1 Å². The van der Waals surface area contributed by atoms with E-state index in [-0.39, 0.29) is 18.0 Å².